The first kappa shape index (κ1) is 15.2. The minimum atomic E-state index is -0.0366. The summed E-state index contributed by atoms with van der Waals surface area (Å²) < 4.78 is 0. The van der Waals surface area contributed by atoms with E-state index in [4.69, 9.17) is 0 Å². The third-order valence-corrected chi connectivity index (χ3v) is 3.15. The van der Waals surface area contributed by atoms with Crippen molar-refractivity contribution in [1.82, 2.24) is 15.6 Å². The number of nitrogens with one attached hydrogen (secondary N) is 2. The number of hydrogen-bond acceptors (Lipinski definition) is 3. The van der Waals surface area contributed by atoms with Crippen LogP contribution >= 0.6 is 0 Å². The molecule has 2 aromatic rings. The Morgan fingerprint density at radius 3 is 2.52 bits per heavy atom. The van der Waals surface area contributed by atoms with Gasteiger partial charge in [-0.3, -0.25) is 9.78 Å². The summed E-state index contributed by atoms with van der Waals surface area (Å²) in [6, 6.07) is 13.5. The van der Waals surface area contributed by atoms with Gasteiger partial charge in [0.25, 0.3) is 5.91 Å². The highest BCUT2D eigenvalue weighted by Gasteiger charge is 2.03. The Morgan fingerprint density at radius 1 is 1.05 bits per heavy atom. The molecule has 0 fully saturated rings. The summed E-state index contributed by atoms with van der Waals surface area (Å²) in [5.74, 6) is -0.0366. The predicted molar refractivity (Wildman–Crippen MR) is 84.2 cm³/mol. The lowest BCUT2D eigenvalue weighted by Gasteiger charge is -2.07. The van der Waals surface area contributed by atoms with E-state index in [-0.39, 0.29) is 5.91 Å². The summed E-state index contributed by atoms with van der Waals surface area (Å²) in [4.78, 5) is 16.3. The van der Waals surface area contributed by atoms with Gasteiger partial charge in [0.15, 0.2) is 0 Å². The molecule has 1 heterocycles. The average Bonchev–Trinajstić information content (AvgIpc) is 2.47. The van der Waals surface area contributed by atoms with Gasteiger partial charge in [-0.1, -0.05) is 23.8 Å². The summed E-state index contributed by atoms with van der Waals surface area (Å²) in [7, 11) is 0. The second-order valence-electron chi connectivity index (χ2n) is 5.07. The Hall–Kier alpha value is -2.20. The molecule has 2 N–H and O–H groups in total. The average molecular weight is 283 g/mol. The zero-order valence-electron chi connectivity index (χ0n) is 12.5. The second-order valence-corrected chi connectivity index (χ2v) is 5.07. The fourth-order valence-electron chi connectivity index (χ4n) is 1.99. The van der Waals surface area contributed by atoms with Crippen molar-refractivity contribution in [2.75, 3.05) is 13.1 Å². The van der Waals surface area contributed by atoms with Crippen molar-refractivity contribution < 1.29 is 4.79 Å². The van der Waals surface area contributed by atoms with Crippen LogP contribution in [0.25, 0.3) is 0 Å². The molecule has 0 unspecified atom stereocenters. The highest BCUT2D eigenvalue weighted by atomic mass is 16.1. The largest absolute Gasteiger partial charge is 0.351 e. The first-order valence-electron chi connectivity index (χ1n) is 7.13. The van der Waals surface area contributed by atoms with Gasteiger partial charge < -0.3 is 10.6 Å². The smallest absolute Gasteiger partial charge is 0.251 e. The Kier molecular flexibility index (Phi) is 5.46. The standard InChI is InChI=1S/C17H21N3O/c1-13-6-8-15(9-7-13)17(21)19-11-10-18-12-16-5-3-4-14(2)20-16/h3-9,18H,10-12H2,1-2H3,(H,19,21). The van der Waals surface area contributed by atoms with Crippen molar-refractivity contribution in [2.45, 2.75) is 20.4 Å². The third kappa shape index (κ3) is 5.00. The van der Waals surface area contributed by atoms with Gasteiger partial charge in [-0.25, -0.2) is 0 Å². The molecule has 110 valence electrons. The van der Waals surface area contributed by atoms with E-state index >= 15 is 0 Å². The molecule has 4 heteroatoms. The number of carbonyl (C=O) groups is 1. The molecule has 1 aromatic heterocycles. The molecular formula is C17H21N3O. The fourth-order valence-corrected chi connectivity index (χ4v) is 1.99. The van der Waals surface area contributed by atoms with Crippen LogP contribution < -0.4 is 10.6 Å². The van der Waals surface area contributed by atoms with Crippen LogP contribution in [0.3, 0.4) is 0 Å². The van der Waals surface area contributed by atoms with Gasteiger partial charge in [0.05, 0.1) is 5.69 Å². The van der Waals surface area contributed by atoms with Crippen LogP contribution in [0.15, 0.2) is 42.5 Å². The summed E-state index contributed by atoms with van der Waals surface area (Å²) in [5, 5.41) is 6.16. The first-order valence-corrected chi connectivity index (χ1v) is 7.13. The van der Waals surface area contributed by atoms with E-state index in [0.717, 1.165) is 17.0 Å². The number of benzene rings is 1. The van der Waals surface area contributed by atoms with Crippen LogP contribution in [0.5, 0.6) is 0 Å². The Morgan fingerprint density at radius 2 is 1.81 bits per heavy atom. The highest BCUT2D eigenvalue weighted by Crippen LogP contribution is 2.02. The van der Waals surface area contributed by atoms with Crippen LogP contribution in [-0.2, 0) is 6.54 Å². The van der Waals surface area contributed by atoms with Crippen LogP contribution in [-0.4, -0.2) is 24.0 Å². The zero-order valence-corrected chi connectivity index (χ0v) is 12.5. The topological polar surface area (TPSA) is 54.0 Å². The summed E-state index contributed by atoms with van der Waals surface area (Å²) in [6.07, 6.45) is 0. The maximum atomic E-state index is 11.9. The number of aromatic nitrogens is 1. The van der Waals surface area contributed by atoms with Gasteiger partial charge in [0.2, 0.25) is 0 Å². The van der Waals surface area contributed by atoms with Gasteiger partial charge in [-0.05, 0) is 38.1 Å². The predicted octanol–water partition coefficient (Wildman–Crippen LogP) is 2.22. The van der Waals surface area contributed by atoms with E-state index in [9.17, 15) is 4.79 Å². The molecule has 0 aliphatic heterocycles. The molecule has 0 aliphatic carbocycles. The number of pyridine rings is 1. The van der Waals surface area contributed by atoms with Crippen LogP contribution in [0.2, 0.25) is 0 Å². The molecule has 0 spiro atoms. The van der Waals surface area contributed by atoms with Crippen molar-refractivity contribution in [3.05, 3.63) is 65.0 Å². The quantitative estimate of drug-likeness (QED) is 0.799. The van der Waals surface area contributed by atoms with Crippen LogP contribution in [0.1, 0.15) is 27.3 Å². The molecule has 0 aliphatic rings. The minimum absolute atomic E-state index is 0.0366. The maximum Gasteiger partial charge on any atom is 0.251 e. The Balaban J connectivity index is 1.68. The molecule has 4 nitrogen and oxygen atoms in total. The minimum Gasteiger partial charge on any atom is -0.351 e. The van der Waals surface area contributed by atoms with Crippen molar-refractivity contribution in [1.29, 1.82) is 0 Å². The molecule has 1 aromatic carbocycles. The van der Waals surface area contributed by atoms with Gasteiger partial charge in [0, 0.05) is 30.9 Å². The molecule has 0 radical (unpaired) electrons. The monoisotopic (exact) mass is 283 g/mol. The van der Waals surface area contributed by atoms with Gasteiger partial charge in [0.1, 0.15) is 0 Å². The summed E-state index contributed by atoms with van der Waals surface area (Å²) in [5.41, 5.74) is 3.88. The molecule has 0 saturated carbocycles. The molecule has 21 heavy (non-hydrogen) atoms. The second kappa shape index (κ2) is 7.55. The number of rotatable bonds is 6. The molecule has 0 atom stereocenters. The number of amides is 1. The number of aryl methyl sites for hydroxylation is 2. The van der Waals surface area contributed by atoms with E-state index < -0.39 is 0 Å². The van der Waals surface area contributed by atoms with Gasteiger partial charge in [-0.15, -0.1) is 0 Å². The summed E-state index contributed by atoms with van der Waals surface area (Å²) in [6.45, 7) is 6.00. The van der Waals surface area contributed by atoms with Crippen molar-refractivity contribution in [3.63, 3.8) is 0 Å². The highest BCUT2D eigenvalue weighted by molar-refractivity contribution is 5.94. The molecular weight excluding hydrogens is 262 g/mol. The SMILES string of the molecule is Cc1ccc(C(=O)NCCNCc2cccc(C)n2)cc1. The van der Waals surface area contributed by atoms with Crippen LogP contribution in [0.4, 0.5) is 0 Å². The van der Waals surface area contributed by atoms with Gasteiger partial charge >= 0.3 is 0 Å². The van der Waals surface area contributed by atoms with E-state index in [1.165, 1.54) is 0 Å². The molecule has 0 saturated heterocycles. The van der Waals surface area contributed by atoms with Gasteiger partial charge in [-0.2, -0.15) is 0 Å². The number of hydrogen-bond donors (Lipinski definition) is 2. The number of carbonyl (C=O) groups excluding carboxylic acids is 1. The first-order chi connectivity index (χ1) is 10.1. The van der Waals surface area contributed by atoms with Crippen LogP contribution in [0, 0.1) is 13.8 Å². The van der Waals surface area contributed by atoms with E-state index in [1.54, 1.807) is 0 Å². The lowest BCUT2D eigenvalue weighted by Crippen LogP contribution is -2.31. The Labute approximate surface area is 125 Å². The molecule has 0 bridgehead atoms. The fraction of sp³-hybridized carbons (Fsp3) is 0.294. The van der Waals surface area contributed by atoms with Crippen molar-refractivity contribution in [3.8, 4) is 0 Å². The number of nitrogens with zero attached hydrogens (tertiary/aromatic N) is 1. The lowest BCUT2D eigenvalue weighted by atomic mass is 10.1. The molecule has 2 rings (SSSR count). The van der Waals surface area contributed by atoms with E-state index in [0.29, 0.717) is 25.2 Å². The van der Waals surface area contributed by atoms with E-state index in [1.807, 2.05) is 56.3 Å². The molecule has 1 amide bonds. The third-order valence-electron chi connectivity index (χ3n) is 3.15. The lowest BCUT2D eigenvalue weighted by molar-refractivity contribution is 0.0954. The van der Waals surface area contributed by atoms with E-state index in [2.05, 4.69) is 15.6 Å². The van der Waals surface area contributed by atoms with Crippen molar-refractivity contribution >= 4 is 5.91 Å². The Bertz CT molecular complexity index is 593. The maximum absolute atomic E-state index is 11.9. The van der Waals surface area contributed by atoms with Crippen molar-refractivity contribution in [2.24, 2.45) is 0 Å². The zero-order chi connectivity index (χ0) is 15.1. The normalized spacial score (nSPS) is 10.4. The summed E-state index contributed by atoms with van der Waals surface area (Å²) >= 11 is 0.